The summed E-state index contributed by atoms with van der Waals surface area (Å²) in [5, 5.41) is 9.97. The molecule has 0 fully saturated rings. The van der Waals surface area contributed by atoms with Crippen LogP contribution < -0.4 is 11.3 Å². The van der Waals surface area contributed by atoms with Crippen LogP contribution in [0.5, 0.6) is 0 Å². The minimum atomic E-state index is -0.350. The van der Waals surface area contributed by atoms with E-state index < -0.39 is 0 Å². The fourth-order valence-electron chi connectivity index (χ4n) is 3.49. The molecule has 0 unspecified atom stereocenters. The van der Waals surface area contributed by atoms with Crippen LogP contribution in [0.3, 0.4) is 0 Å². The third-order valence-electron chi connectivity index (χ3n) is 4.70. The second kappa shape index (κ2) is 5.80. The van der Waals surface area contributed by atoms with Gasteiger partial charge in [0.2, 0.25) is 0 Å². The molecule has 0 saturated carbocycles. The molecule has 132 valence electrons. The van der Waals surface area contributed by atoms with E-state index in [2.05, 4.69) is 36.1 Å². The van der Waals surface area contributed by atoms with Crippen LogP contribution in [0.25, 0.3) is 43.8 Å². The maximum absolute atomic E-state index is 12.6. The molecular weight excluding hydrogens is 430 g/mol. The number of pyridine rings is 2. The molecule has 0 atom stereocenters. The molecule has 3 aromatic heterocycles. The molecule has 0 amide bonds. The summed E-state index contributed by atoms with van der Waals surface area (Å²) in [6.45, 7) is 0. The quantitative estimate of drug-likeness (QED) is 0.331. The summed E-state index contributed by atoms with van der Waals surface area (Å²) in [7, 11) is 0. The van der Waals surface area contributed by atoms with Crippen molar-refractivity contribution in [3.63, 3.8) is 0 Å². The van der Waals surface area contributed by atoms with Crippen LogP contribution in [0, 0.1) is 0 Å². The third-order valence-corrected chi connectivity index (χ3v) is 5.62. The minimum absolute atomic E-state index is 0.141. The van der Waals surface area contributed by atoms with Gasteiger partial charge in [-0.3, -0.25) is 14.9 Å². The van der Waals surface area contributed by atoms with Crippen LogP contribution in [0.15, 0.2) is 52.0 Å². The lowest BCUT2D eigenvalue weighted by Gasteiger charge is -2.13. The van der Waals surface area contributed by atoms with Gasteiger partial charge in [-0.1, -0.05) is 17.7 Å². The Balaban J connectivity index is 2.03. The first-order valence-electron chi connectivity index (χ1n) is 8.07. The standard InChI is InChI=1S/C19H11BrClN5O/c20-12-6-10-14(8-3-4-13(21)18-11(8)7-24-26-18)15(22)19(27)25-16(10)9-2-1-5-23-17(9)12/h1-7H,22H2,(H,24,26)(H,25,27). The number of nitrogens with one attached hydrogen (secondary N) is 2. The van der Waals surface area contributed by atoms with E-state index >= 15 is 0 Å². The average molecular weight is 441 g/mol. The van der Waals surface area contributed by atoms with Crippen molar-refractivity contribution in [2.45, 2.75) is 0 Å². The first-order valence-corrected chi connectivity index (χ1v) is 9.24. The molecule has 5 aromatic rings. The molecule has 0 aliphatic carbocycles. The molecule has 6 nitrogen and oxygen atoms in total. The molecule has 3 heterocycles. The second-order valence-corrected chi connectivity index (χ2v) is 7.44. The molecule has 27 heavy (non-hydrogen) atoms. The van der Waals surface area contributed by atoms with Crippen molar-refractivity contribution in [3.8, 4) is 11.1 Å². The van der Waals surface area contributed by atoms with Crippen LogP contribution >= 0.6 is 27.5 Å². The zero-order chi connectivity index (χ0) is 18.7. The van der Waals surface area contributed by atoms with Crippen molar-refractivity contribution in [1.29, 1.82) is 0 Å². The number of fused-ring (bicyclic) bond motifs is 4. The number of H-pyrrole nitrogens is 2. The highest BCUT2D eigenvalue weighted by molar-refractivity contribution is 9.10. The molecular formula is C19H11BrClN5O. The van der Waals surface area contributed by atoms with Crippen LogP contribution in [0.4, 0.5) is 5.69 Å². The second-order valence-electron chi connectivity index (χ2n) is 6.18. The van der Waals surface area contributed by atoms with Crippen LogP contribution in [0.1, 0.15) is 0 Å². The van der Waals surface area contributed by atoms with Gasteiger partial charge in [0.25, 0.3) is 5.56 Å². The first kappa shape index (κ1) is 16.3. The Morgan fingerprint density at radius 1 is 1.11 bits per heavy atom. The number of nitrogen functional groups attached to an aromatic ring is 1. The van der Waals surface area contributed by atoms with Gasteiger partial charge in [-0.25, -0.2) is 0 Å². The maximum Gasteiger partial charge on any atom is 0.272 e. The van der Waals surface area contributed by atoms with Crippen molar-refractivity contribution in [1.82, 2.24) is 20.2 Å². The summed E-state index contributed by atoms with van der Waals surface area (Å²) in [5.41, 5.74) is 9.60. The van der Waals surface area contributed by atoms with Gasteiger partial charge >= 0.3 is 0 Å². The molecule has 0 spiro atoms. The topological polar surface area (TPSA) is 100 Å². The van der Waals surface area contributed by atoms with Crippen LogP contribution in [0.2, 0.25) is 5.02 Å². The highest BCUT2D eigenvalue weighted by Gasteiger charge is 2.19. The lowest BCUT2D eigenvalue weighted by Crippen LogP contribution is -2.13. The Kier molecular flexibility index (Phi) is 3.50. The lowest BCUT2D eigenvalue weighted by atomic mass is 9.95. The zero-order valence-corrected chi connectivity index (χ0v) is 16.0. The van der Waals surface area contributed by atoms with E-state index in [1.807, 2.05) is 24.3 Å². The highest BCUT2D eigenvalue weighted by atomic mass is 79.9. The molecule has 0 aliphatic heterocycles. The number of rotatable bonds is 1. The molecule has 0 bridgehead atoms. The van der Waals surface area contributed by atoms with Gasteiger partial charge in [0.1, 0.15) is 5.69 Å². The number of nitrogens with zero attached hydrogens (tertiary/aromatic N) is 2. The van der Waals surface area contributed by atoms with Gasteiger partial charge in [0.05, 0.1) is 27.8 Å². The van der Waals surface area contributed by atoms with Gasteiger partial charge in [-0.05, 0) is 45.8 Å². The molecule has 0 aliphatic rings. The number of hydrogen-bond acceptors (Lipinski definition) is 4. The summed E-state index contributed by atoms with van der Waals surface area (Å²) < 4.78 is 0.815. The van der Waals surface area contributed by atoms with Crippen LogP contribution in [-0.4, -0.2) is 20.2 Å². The summed E-state index contributed by atoms with van der Waals surface area (Å²) in [6.07, 6.45) is 3.39. The van der Waals surface area contributed by atoms with E-state index in [9.17, 15) is 4.79 Å². The number of anilines is 1. The van der Waals surface area contributed by atoms with Crippen molar-refractivity contribution < 1.29 is 0 Å². The molecule has 2 aromatic carbocycles. The Morgan fingerprint density at radius 3 is 2.81 bits per heavy atom. The van der Waals surface area contributed by atoms with Gasteiger partial charge < -0.3 is 10.7 Å². The number of nitrogens with two attached hydrogens (primary N) is 1. The Bertz CT molecular complexity index is 1440. The van der Waals surface area contributed by atoms with E-state index in [0.29, 0.717) is 21.6 Å². The first-order chi connectivity index (χ1) is 13.1. The molecule has 0 saturated heterocycles. The number of aromatic amines is 2. The molecule has 4 N–H and O–H groups in total. The van der Waals surface area contributed by atoms with E-state index in [1.165, 1.54) is 0 Å². The SMILES string of the molecule is Nc1c(-c2ccc(Cl)c3[nH]ncc23)c2cc(Br)c3ncccc3c2[nH]c1=O. The van der Waals surface area contributed by atoms with Gasteiger partial charge in [-0.2, -0.15) is 5.10 Å². The van der Waals surface area contributed by atoms with Crippen molar-refractivity contribution in [3.05, 3.63) is 62.6 Å². The van der Waals surface area contributed by atoms with E-state index in [-0.39, 0.29) is 11.2 Å². The monoisotopic (exact) mass is 439 g/mol. The highest BCUT2D eigenvalue weighted by Crippen LogP contribution is 2.40. The fraction of sp³-hybridized carbons (Fsp3) is 0. The Morgan fingerprint density at radius 2 is 1.96 bits per heavy atom. The normalized spacial score (nSPS) is 11.6. The number of benzene rings is 2. The minimum Gasteiger partial charge on any atom is -0.394 e. The molecule has 8 heteroatoms. The molecule has 5 rings (SSSR count). The Labute approximate surface area is 165 Å². The zero-order valence-electron chi connectivity index (χ0n) is 13.7. The maximum atomic E-state index is 12.6. The number of aromatic nitrogens is 4. The predicted molar refractivity (Wildman–Crippen MR) is 112 cm³/mol. The van der Waals surface area contributed by atoms with E-state index in [0.717, 1.165) is 31.7 Å². The average Bonchev–Trinajstić information content (AvgIpc) is 3.16. The summed E-state index contributed by atoms with van der Waals surface area (Å²) >= 11 is 9.85. The summed E-state index contributed by atoms with van der Waals surface area (Å²) in [4.78, 5) is 19.9. The smallest absolute Gasteiger partial charge is 0.272 e. The van der Waals surface area contributed by atoms with Crippen molar-refractivity contribution in [2.75, 3.05) is 5.73 Å². The fourth-order valence-corrected chi connectivity index (χ4v) is 4.24. The van der Waals surface area contributed by atoms with Crippen molar-refractivity contribution >= 4 is 65.9 Å². The number of hydrogen-bond donors (Lipinski definition) is 3. The van der Waals surface area contributed by atoms with Gasteiger partial charge in [0.15, 0.2) is 0 Å². The predicted octanol–water partition coefficient (Wildman–Crippen LogP) is 4.62. The summed E-state index contributed by atoms with van der Waals surface area (Å²) in [5.74, 6) is 0. The van der Waals surface area contributed by atoms with E-state index in [4.69, 9.17) is 17.3 Å². The van der Waals surface area contributed by atoms with E-state index in [1.54, 1.807) is 18.5 Å². The third kappa shape index (κ3) is 2.28. The Hall–Kier alpha value is -2.90. The number of halogens is 2. The van der Waals surface area contributed by atoms with Crippen molar-refractivity contribution in [2.24, 2.45) is 0 Å². The largest absolute Gasteiger partial charge is 0.394 e. The van der Waals surface area contributed by atoms with Gasteiger partial charge in [-0.15, -0.1) is 0 Å². The van der Waals surface area contributed by atoms with Crippen LogP contribution in [-0.2, 0) is 0 Å². The van der Waals surface area contributed by atoms with Gasteiger partial charge in [0, 0.05) is 32.4 Å². The molecule has 0 radical (unpaired) electrons. The lowest BCUT2D eigenvalue weighted by molar-refractivity contribution is 1.12. The summed E-state index contributed by atoms with van der Waals surface area (Å²) in [6, 6.07) is 9.29.